The van der Waals surface area contributed by atoms with Gasteiger partial charge >= 0.3 is 0 Å². The Morgan fingerprint density at radius 2 is 1.74 bits per heavy atom. The first-order valence-corrected chi connectivity index (χ1v) is 11.1. The molecule has 3 aromatic rings. The van der Waals surface area contributed by atoms with Crippen LogP contribution < -0.4 is 14.8 Å². The molecule has 0 fully saturated rings. The molecule has 0 aromatic heterocycles. The van der Waals surface area contributed by atoms with Crippen LogP contribution in [0.25, 0.3) is 0 Å². The summed E-state index contributed by atoms with van der Waals surface area (Å²) < 4.78 is 46.9. The number of para-hydroxylation sites is 1. The molecular formula is C23H23FN2O4S. The van der Waals surface area contributed by atoms with Crippen LogP contribution in [0, 0.1) is 12.7 Å². The van der Waals surface area contributed by atoms with Gasteiger partial charge in [-0.05, 0) is 56.3 Å². The van der Waals surface area contributed by atoms with Crippen LogP contribution in [0.15, 0.2) is 77.7 Å². The molecule has 31 heavy (non-hydrogen) atoms. The van der Waals surface area contributed by atoms with E-state index in [0.29, 0.717) is 5.75 Å². The molecule has 2 N–H and O–H groups in total. The number of sulfonamides is 1. The van der Waals surface area contributed by atoms with Gasteiger partial charge in [-0.3, -0.25) is 9.52 Å². The molecule has 8 heteroatoms. The minimum absolute atomic E-state index is 0.146. The number of hydrogen-bond donors (Lipinski definition) is 2. The van der Waals surface area contributed by atoms with E-state index in [-0.39, 0.29) is 28.8 Å². The second-order valence-electron chi connectivity index (χ2n) is 7.11. The van der Waals surface area contributed by atoms with Gasteiger partial charge in [0.2, 0.25) is 0 Å². The fraction of sp³-hybridized carbons (Fsp3) is 0.174. The van der Waals surface area contributed by atoms with Gasteiger partial charge in [0.1, 0.15) is 18.2 Å². The normalized spacial score (nSPS) is 12.1. The lowest BCUT2D eigenvalue weighted by Crippen LogP contribution is -2.36. The van der Waals surface area contributed by atoms with E-state index in [0.717, 1.165) is 11.6 Å². The van der Waals surface area contributed by atoms with Crippen molar-refractivity contribution < 1.29 is 22.3 Å². The second-order valence-corrected chi connectivity index (χ2v) is 8.79. The van der Waals surface area contributed by atoms with Crippen molar-refractivity contribution in [3.63, 3.8) is 0 Å². The fourth-order valence-corrected chi connectivity index (χ4v) is 3.87. The number of carbonyl (C=O) groups excluding carboxylic acids is 1. The molecule has 0 saturated heterocycles. The van der Waals surface area contributed by atoms with Crippen LogP contribution in [0.2, 0.25) is 0 Å². The molecule has 1 amide bonds. The third-order valence-electron chi connectivity index (χ3n) is 4.42. The largest absolute Gasteiger partial charge is 0.491 e. The summed E-state index contributed by atoms with van der Waals surface area (Å²) in [6, 6.07) is 18.2. The van der Waals surface area contributed by atoms with Crippen molar-refractivity contribution in [2.75, 3.05) is 11.3 Å². The predicted octanol–water partition coefficient (Wildman–Crippen LogP) is 4.13. The van der Waals surface area contributed by atoms with E-state index in [1.165, 1.54) is 42.5 Å². The number of hydrogen-bond acceptors (Lipinski definition) is 4. The van der Waals surface area contributed by atoms with Gasteiger partial charge in [-0.1, -0.05) is 35.9 Å². The molecule has 0 heterocycles. The highest BCUT2D eigenvalue weighted by atomic mass is 32.2. The Bertz CT molecular complexity index is 1160. The van der Waals surface area contributed by atoms with Crippen molar-refractivity contribution in [3.05, 3.63) is 89.7 Å². The molecule has 0 bridgehead atoms. The van der Waals surface area contributed by atoms with Gasteiger partial charge in [0, 0.05) is 5.56 Å². The molecule has 0 spiro atoms. The minimum atomic E-state index is -4.06. The van der Waals surface area contributed by atoms with Crippen LogP contribution in [-0.2, 0) is 10.0 Å². The molecule has 0 aliphatic carbocycles. The number of halogens is 1. The molecule has 1 atom stereocenters. The Morgan fingerprint density at radius 3 is 2.45 bits per heavy atom. The Hall–Kier alpha value is -3.39. The summed E-state index contributed by atoms with van der Waals surface area (Å²) >= 11 is 0. The first-order valence-electron chi connectivity index (χ1n) is 9.62. The number of anilines is 1. The number of amides is 1. The molecule has 3 aromatic carbocycles. The van der Waals surface area contributed by atoms with E-state index in [9.17, 15) is 17.6 Å². The van der Waals surface area contributed by atoms with Crippen LogP contribution in [0.5, 0.6) is 5.75 Å². The van der Waals surface area contributed by atoms with E-state index in [1.54, 1.807) is 6.92 Å². The van der Waals surface area contributed by atoms with Crippen molar-refractivity contribution in [2.45, 2.75) is 24.8 Å². The van der Waals surface area contributed by atoms with Crippen LogP contribution >= 0.6 is 0 Å². The predicted molar refractivity (Wildman–Crippen MR) is 117 cm³/mol. The molecule has 0 aliphatic heterocycles. The van der Waals surface area contributed by atoms with Crippen LogP contribution in [0.1, 0.15) is 22.8 Å². The summed E-state index contributed by atoms with van der Waals surface area (Å²) in [6.07, 6.45) is 0. The van der Waals surface area contributed by atoms with E-state index in [2.05, 4.69) is 10.0 Å². The topological polar surface area (TPSA) is 84.5 Å². The fourth-order valence-electron chi connectivity index (χ4n) is 2.76. The molecular weight excluding hydrogens is 419 g/mol. The highest BCUT2D eigenvalue weighted by Gasteiger charge is 2.19. The Morgan fingerprint density at radius 1 is 1.03 bits per heavy atom. The van der Waals surface area contributed by atoms with E-state index in [1.807, 2.05) is 31.2 Å². The maximum Gasteiger partial charge on any atom is 0.262 e. The monoisotopic (exact) mass is 442 g/mol. The van der Waals surface area contributed by atoms with Crippen molar-refractivity contribution in [1.82, 2.24) is 5.32 Å². The average Bonchev–Trinajstić information content (AvgIpc) is 2.75. The van der Waals surface area contributed by atoms with Crippen molar-refractivity contribution >= 4 is 21.6 Å². The molecule has 0 radical (unpaired) electrons. The van der Waals surface area contributed by atoms with Gasteiger partial charge in [-0.15, -0.1) is 0 Å². The lowest BCUT2D eigenvalue weighted by molar-refractivity contribution is 0.0926. The van der Waals surface area contributed by atoms with Gasteiger partial charge in [-0.25, -0.2) is 12.8 Å². The zero-order valence-electron chi connectivity index (χ0n) is 17.1. The van der Waals surface area contributed by atoms with Gasteiger partial charge in [0.25, 0.3) is 15.9 Å². The first-order chi connectivity index (χ1) is 14.7. The molecule has 3 rings (SSSR count). The number of rotatable bonds is 8. The maximum absolute atomic E-state index is 13.8. The lowest BCUT2D eigenvalue weighted by Gasteiger charge is -2.16. The van der Waals surface area contributed by atoms with Crippen molar-refractivity contribution in [3.8, 4) is 5.75 Å². The summed E-state index contributed by atoms with van der Waals surface area (Å²) in [5.74, 6) is -0.440. The molecule has 0 unspecified atom stereocenters. The van der Waals surface area contributed by atoms with Crippen molar-refractivity contribution in [1.29, 1.82) is 0 Å². The minimum Gasteiger partial charge on any atom is -0.491 e. The summed E-state index contributed by atoms with van der Waals surface area (Å²) in [6.45, 7) is 4.01. The van der Waals surface area contributed by atoms with E-state index >= 15 is 0 Å². The number of benzene rings is 3. The zero-order chi connectivity index (χ0) is 22.4. The van der Waals surface area contributed by atoms with Gasteiger partial charge in [-0.2, -0.15) is 0 Å². The van der Waals surface area contributed by atoms with Gasteiger partial charge in [0.05, 0.1) is 16.6 Å². The molecule has 162 valence electrons. The van der Waals surface area contributed by atoms with Crippen molar-refractivity contribution in [2.24, 2.45) is 0 Å². The number of carbonyl (C=O) groups is 1. The van der Waals surface area contributed by atoms with Gasteiger partial charge < -0.3 is 10.1 Å². The summed E-state index contributed by atoms with van der Waals surface area (Å²) in [5.41, 5.74) is 1.12. The van der Waals surface area contributed by atoms with Crippen LogP contribution in [-0.4, -0.2) is 27.0 Å². The molecule has 0 saturated carbocycles. The average molecular weight is 443 g/mol. The van der Waals surface area contributed by atoms with Crippen LogP contribution in [0.3, 0.4) is 0 Å². The van der Waals surface area contributed by atoms with E-state index in [4.69, 9.17) is 4.74 Å². The Kier molecular flexibility index (Phi) is 6.91. The second kappa shape index (κ2) is 9.61. The lowest BCUT2D eigenvalue weighted by atomic mass is 10.2. The number of aryl methyl sites for hydroxylation is 1. The summed E-state index contributed by atoms with van der Waals surface area (Å²) in [5, 5.41) is 2.78. The Balaban J connectivity index is 1.65. The maximum atomic E-state index is 13.8. The quantitative estimate of drug-likeness (QED) is 0.549. The smallest absolute Gasteiger partial charge is 0.262 e. The van der Waals surface area contributed by atoms with Gasteiger partial charge in [0.15, 0.2) is 0 Å². The highest BCUT2D eigenvalue weighted by molar-refractivity contribution is 7.92. The number of ether oxygens (including phenoxy) is 1. The molecule has 0 aliphatic rings. The first kappa shape index (κ1) is 22.3. The number of nitrogens with one attached hydrogen (secondary N) is 2. The summed E-state index contributed by atoms with van der Waals surface area (Å²) in [4.78, 5) is 12.4. The summed E-state index contributed by atoms with van der Waals surface area (Å²) in [7, 11) is -4.06. The standard InChI is InChI=1S/C23H23FN2O4S/c1-16-10-12-19(13-11-16)30-15-17(2)25-23(27)18-6-5-7-20(14-18)31(28,29)26-22-9-4-3-8-21(22)24/h3-14,17,26H,15H2,1-2H3,(H,25,27)/t17-/m1/s1. The zero-order valence-corrected chi connectivity index (χ0v) is 17.9. The van der Waals surface area contributed by atoms with E-state index < -0.39 is 21.7 Å². The molecule has 6 nitrogen and oxygen atoms in total. The third-order valence-corrected chi connectivity index (χ3v) is 5.79. The van der Waals surface area contributed by atoms with Crippen LogP contribution in [0.4, 0.5) is 10.1 Å². The third kappa shape index (κ3) is 6.05. The Labute approximate surface area is 181 Å². The highest BCUT2D eigenvalue weighted by Crippen LogP contribution is 2.19. The SMILES string of the molecule is Cc1ccc(OC[C@@H](C)NC(=O)c2cccc(S(=O)(=O)Nc3ccccc3F)c2)cc1.